The summed E-state index contributed by atoms with van der Waals surface area (Å²) in [6.45, 7) is 6.20. The molecule has 0 aromatic rings. The van der Waals surface area contributed by atoms with E-state index in [-0.39, 0.29) is 18.7 Å². The second kappa shape index (κ2) is 5.38. The van der Waals surface area contributed by atoms with Crippen LogP contribution in [0.4, 0.5) is 4.79 Å². The van der Waals surface area contributed by atoms with Gasteiger partial charge in [0.05, 0.1) is 5.37 Å². The van der Waals surface area contributed by atoms with Crippen LogP contribution in [0.3, 0.4) is 0 Å². The van der Waals surface area contributed by atoms with Gasteiger partial charge in [-0.25, -0.2) is 4.79 Å². The lowest BCUT2D eigenvalue weighted by Gasteiger charge is -2.21. The van der Waals surface area contributed by atoms with Gasteiger partial charge in [0, 0.05) is 18.7 Å². The summed E-state index contributed by atoms with van der Waals surface area (Å²) in [5.41, 5.74) is -0.531. The highest BCUT2D eigenvalue weighted by molar-refractivity contribution is 8.00. The van der Waals surface area contributed by atoms with Crippen molar-refractivity contribution in [2.75, 3.05) is 12.3 Å². The number of carbonyl (C=O) groups is 2. The molecule has 2 aliphatic heterocycles. The molecular weight excluding hydrogens is 252 g/mol. The van der Waals surface area contributed by atoms with Crippen molar-refractivity contribution in [1.29, 1.82) is 0 Å². The Labute approximate surface area is 113 Å². The second-order valence-corrected chi connectivity index (χ2v) is 6.58. The third kappa shape index (κ3) is 3.31. The van der Waals surface area contributed by atoms with E-state index in [1.165, 1.54) is 0 Å². The second-order valence-electron chi connectivity index (χ2n) is 5.29. The summed E-state index contributed by atoms with van der Waals surface area (Å²) in [5, 5.41) is 2.89. The molecule has 0 aliphatic carbocycles. The number of amides is 2. The molecule has 5 nitrogen and oxygen atoms in total. The molecule has 104 valence electrons. The topological polar surface area (TPSA) is 58.6 Å². The minimum Gasteiger partial charge on any atom is -0.444 e. The van der Waals surface area contributed by atoms with Gasteiger partial charge in [0.2, 0.25) is 5.91 Å². The number of fused-ring (bicyclic) bond motifs is 1. The largest absolute Gasteiger partial charge is 0.444 e. The molecule has 2 aliphatic rings. The van der Waals surface area contributed by atoms with Gasteiger partial charge in [0.15, 0.2) is 0 Å². The highest BCUT2D eigenvalue weighted by Gasteiger charge is 2.43. The first-order valence-electron chi connectivity index (χ1n) is 5.78. The smallest absolute Gasteiger partial charge is 0.408 e. The third-order valence-electron chi connectivity index (χ3n) is 2.70. The van der Waals surface area contributed by atoms with Crippen molar-refractivity contribution in [2.45, 2.75) is 51.6 Å². The van der Waals surface area contributed by atoms with E-state index in [9.17, 15) is 9.59 Å². The Balaban J connectivity index is 0.00000162. The molecule has 0 aromatic heterocycles. The van der Waals surface area contributed by atoms with Crippen LogP contribution in [0.1, 0.15) is 34.6 Å². The number of nitrogens with one attached hydrogen (secondary N) is 1. The Morgan fingerprint density at radius 3 is 2.72 bits per heavy atom. The van der Waals surface area contributed by atoms with E-state index in [1.807, 2.05) is 4.90 Å². The minimum absolute atomic E-state index is 0. The predicted octanol–water partition coefficient (Wildman–Crippen LogP) is 1.82. The Morgan fingerprint density at radius 1 is 1.50 bits per heavy atom. The quantitative estimate of drug-likeness (QED) is 0.792. The molecule has 2 atom stereocenters. The van der Waals surface area contributed by atoms with E-state index in [0.717, 1.165) is 12.3 Å². The van der Waals surface area contributed by atoms with E-state index < -0.39 is 17.7 Å². The lowest BCUT2D eigenvalue weighted by molar-refractivity contribution is -0.129. The molecular formula is C12H22N2O3S. The summed E-state index contributed by atoms with van der Waals surface area (Å²) < 4.78 is 5.14. The summed E-state index contributed by atoms with van der Waals surface area (Å²) in [5.74, 6) is 1.01. The van der Waals surface area contributed by atoms with E-state index in [4.69, 9.17) is 4.74 Å². The summed E-state index contributed by atoms with van der Waals surface area (Å²) in [4.78, 5) is 25.3. The van der Waals surface area contributed by atoms with Gasteiger partial charge in [-0.05, 0) is 20.8 Å². The van der Waals surface area contributed by atoms with Crippen molar-refractivity contribution in [3.63, 3.8) is 0 Å². The number of carbonyl (C=O) groups excluding carboxylic acids is 2. The van der Waals surface area contributed by atoms with Crippen LogP contribution in [-0.2, 0) is 9.53 Å². The standard InChI is InChI=1S/C11H18N2O3S.CH4/c1-11(2,3)16-10(15)12-7-6-8-13(9(7)14)4-5-17-8;/h7-8H,4-6H2,1-3H3,(H,12,15);1H4. The molecule has 2 saturated heterocycles. The van der Waals surface area contributed by atoms with Crippen LogP contribution in [0.25, 0.3) is 0 Å². The Kier molecular flexibility index (Phi) is 4.53. The maximum absolute atomic E-state index is 11.9. The van der Waals surface area contributed by atoms with Crippen molar-refractivity contribution >= 4 is 23.8 Å². The lowest BCUT2D eigenvalue weighted by Crippen LogP contribution is -2.43. The average molecular weight is 274 g/mol. The summed E-state index contributed by atoms with van der Waals surface area (Å²) in [6, 6.07) is -0.414. The summed E-state index contributed by atoms with van der Waals surface area (Å²) >= 11 is 1.77. The van der Waals surface area contributed by atoms with Gasteiger partial charge in [-0.3, -0.25) is 4.79 Å². The summed E-state index contributed by atoms with van der Waals surface area (Å²) in [7, 11) is 0. The maximum Gasteiger partial charge on any atom is 0.408 e. The average Bonchev–Trinajstić information content (AvgIpc) is 2.69. The number of alkyl carbamates (subject to hydrolysis) is 1. The highest BCUT2D eigenvalue weighted by atomic mass is 32.2. The molecule has 2 unspecified atom stereocenters. The molecule has 0 bridgehead atoms. The van der Waals surface area contributed by atoms with Gasteiger partial charge < -0.3 is 15.0 Å². The van der Waals surface area contributed by atoms with Crippen LogP contribution in [0, 0.1) is 0 Å². The number of ether oxygens (including phenoxy) is 1. The normalized spacial score (nSPS) is 26.6. The van der Waals surface area contributed by atoms with E-state index in [2.05, 4.69) is 5.32 Å². The van der Waals surface area contributed by atoms with Crippen LogP contribution in [0.2, 0.25) is 0 Å². The van der Waals surface area contributed by atoms with Crippen LogP contribution >= 0.6 is 11.8 Å². The molecule has 2 rings (SSSR count). The van der Waals surface area contributed by atoms with Crippen LogP contribution in [0.15, 0.2) is 0 Å². The van der Waals surface area contributed by atoms with Gasteiger partial charge in [-0.1, -0.05) is 7.43 Å². The Bertz CT molecular complexity index is 341. The highest BCUT2D eigenvalue weighted by Crippen LogP contribution is 2.33. The van der Waals surface area contributed by atoms with E-state index >= 15 is 0 Å². The van der Waals surface area contributed by atoms with Gasteiger partial charge in [0.1, 0.15) is 11.6 Å². The van der Waals surface area contributed by atoms with Crippen molar-refractivity contribution in [3.8, 4) is 0 Å². The molecule has 2 heterocycles. The molecule has 0 radical (unpaired) electrons. The van der Waals surface area contributed by atoms with Crippen LogP contribution < -0.4 is 5.32 Å². The molecule has 6 heteroatoms. The minimum atomic E-state index is -0.531. The monoisotopic (exact) mass is 274 g/mol. The molecule has 0 aromatic carbocycles. The zero-order valence-corrected chi connectivity index (χ0v) is 11.2. The van der Waals surface area contributed by atoms with Gasteiger partial charge >= 0.3 is 6.09 Å². The van der Waals surface area contributed by atoms with Crippen molar-refractivity contribution in [2.24, 2.45) is 0 Å². The maximum atomic E-state index is 11.9. The third-order valence-corrected chi connectivity index (χ3v) is 3.95. The fourth-order valence-electron chi connectivity index (χ4n) is 2.04. The van der Waals surface area contributed by atoms with Crippen molar-refractivity contribution in [1.82, 2.24) is 10.2 Å². The molecule has 18 heavy (non-hydrogen) atoms. The van der Waals surface area contributed by atoms with Crippen LogP contribution in [-0.4, -0.2) is 46.2 Å². The van der Waals surface area contributed by atoms with Crippen molar-refractivity contribution < 1.29 is 14.3 Å². The Hall–Kier alpha value is -0.910. The fourth-order valence-corrected chi connectivity index (χ4v) is 3.33. The lowest BCUT2D eigenvalue weighted by atomic mass is 10.2. The number of rotatable bonds is 1. The van der Waals surface area contributed by atoms with Gasteiger partial charge in [0.25, 0.3) is 0 Å². The number of hydrogen-bond donors (Lipinski definition) is 1. The van der Waals surface area contributed by atoms with Gasteiger partial charge in [-0.2, -0.15) is 0 Å². The zero-order valence-electron chi connectivity index (χ0n) is 10.4. The molecule has 2 fully saturated rings. The fraction of sp³-hybridized carbons (Fsp3) is 0.833. The number of hydrogen-bond acceptors (Lipinski definition) is 4. The molecule has 0 saturated carbocycles. The first-order valence-corrected chi connectivity index (χ1v) is 6.83. The molecule has 2 amide bonds. The van der Waals surface area contributed by atoms with Crippen molar-refractivity contribution in [3.05, 3.63) is 0 Å². The van der Waals surface area contributed by atoms with Gasteiger partial charge in [-0.15, -0.1) is 11.8 Å². The van der Waals surface area contributed by atoms with E-state index in [1.54, 1.807) is 32.5 Å². The number of nitrogens with zero attached hydrogens (tertiary/aromatic N) is 1. The SMILES string of the molecule is C.CC(C)(C)OC(=O)NC1CC2SCCN2C1=O. The first kappa shape index (κ1) is 15.1. The Morgan fingerprint density at radius 2 is 2.17 bits per heavy atom. The predicted molar refractivity (Wildman–Crippen MR) is 72.5 cm³/mol. The molecule has 0 spiro atoms. The first-order chi connectivity index (χ1) is 7.87. The number of thioether (sulfide) groups is 1. The molecule has 1 N–H and O–H groups in total. The zero-order chi connectivity index (χ0) is 12.6. The van der Waals surface area contributed by atoms with E-state index in [0.29, 0.717) is 6.42 Å². The summed E-state index contributed by atoms with van der Waals surface area (Å²) in [6.07, 6.45) is 0.171. The van der Waals surface area contributed by atoms with Crippen LogP contribution in [0.5, 0.6) is 0 Å².